The zero-order chi connectivity index (χ0) is 19.9. The van der Waals surface area contributed by atoms with Gasteiger partial charge in [-0.15, -0.1) is 0 Å². The molecule has 4 rings (SSSR count). The van der Waals surface area contributed by atoms with Gasteiger partial charge in [0.2, 0.25) is 0 Å². The van der Waals surface area contributed by atoms with E-state index in [1.165, 1.54) is 11.1 Å². The summed E-state index contributed by atoms with van der Waals surface area (Å²) in [5.74, 6) is 2.73. The highest BCUT2D eigenvalue weighted by atomic mass is 16.7. The van der Waals surface area contributed by atoms with Gasteiger partial charge in [-0.2, -0.15) is 0 Å². The molecule has 0 amide bonds. The molecule has 0 saturated heterocycles. The van der Waals surface area contributed by atoms with Gasteiger partial charge in [0.15, 0.2) is 0 Å². The van der Waals surface area contributed by atoms with Crippen LogP contribution >= 0.6 is 0 Å². The minimum Gasteiger partial charge on any atom is -0.508 e. The van der Waals surface area contributed by atoms with Crippen LogP contribution in [-0.4, -0.2) is 24.0 Å². The number of unbranched alkanes of at least 4 members (excludes halogenated alkanes) is 1. The summed E-state index contributed by atoms with van der Waals surface area (Å²) in [6.07, 6.45) is 6.70. The highest BCUT2D eigenvalue weighted by Gasteiger charge is 2.57. The summed E-state index contributed by atoms with van der Waals surface area (Å²) in [6.45, 7) is 7.24. The van der Waals surface area contributed by atoms with Gasteiger partial charge >= 0.3 is 6.16 Å². The van der Waals surface area contributed by atoms with Crippen molar-refractivity contribution in [2.24, 2.45) is 23.2 Å². The van der Waals surface area contributed by atoms with Gasteiger partial charge in [-0.25, -0.2) is 4.79 Å². The molecule has 1 aromatic rings. The van der Waals surface area contributed by atoms with E-state index in [1.54, 1.807) is 0 Å². The highest BCUT2D eigenvalue weighted by Crippen LogP contribution is 2.62. The molecule has 2 saturated carbocycles. The number of phenols is 1. The molecule has 4 nitrogen and oxygen atoms in total. The minimum atomic E-state index is -0.486. The summed E-state index contributed by atoms with van der Waals surface area (Å²) in [6, 6.07) is 5.94. The van der Waals surface area contributed by atoms with Crippen LogP contribution in [0.1, 0.15) is 76.3 Å². The summed E-state index contributed by atoms with van der Waals surface area (Å²) in [5.41, 5.74) is 2.81. The van der Waals surface area contributed by atoms with Gasteiger partial charge in [0.1, 0.15) is 11.9 Å². The molecule has 0 heterocycles. The predicted molar refractivity (Wildman–Crippen MR) is 108 cm³/mol. The number of carbonyl (C=O) groups is 1. The Morgan fingerprint density at radius 1 is 1.29 bits per heavy atom. The molecule has 28 heavy (non-hydrogen) atoms. The van der Waals surface area contributed by atoms with Crippen molar-refractivity contribution in [3.63, 3.8) is 0 Å². The fourth-order valence-electron chi connectivity index (χ4n) is 6.56. The van der Waals surface area contributed by atoms with Crippen molar-refractivity contribution in [2.75, 3.05) is 6.61 Å². The van der Waals surface area contributed by atoms with E-state index in [0.717, 1.165) is 44.9 Å². The monoisotopic (exact) mass is 386 g/mol. The second-order valence-electron chi connectivity index (χ2n) is 9.54. The summed E-state index contributed by atoms with van der Waals surface area (Å²) < 4.78 is 11.1. The first-order valence-corrected chi connectivity index (χ1v) is 11.1. The normalized spacial score (nSPS) is 36.2. The second-order valence-corrected chi connectivity index (χ2v) is 9.54. The Hall–Kier alpha value is -1.71. The van der Waals surface area contributed by atoms with Gasteiger partial charge in [0, 0.05) is 5.41 Å². The Morgan fingerprint density at radius 3 is 2.89 bits per heavy atom. The Bertz CT molecular complexity index is 729. The van der Waals surface area contributed by atoms with Gasteiger partial charge in [0.05, 0.1) is 6.61 Å². The maximum absolute atomic E-state index is 12.2. The first-order chi connectivity index (χ1) is 13.4. The molecule has 4 heteroatoms. The third-order valence-electron chi connectivity index (χ3n) is 7.93. The van der Waals surface area contributed by atoms with E-state index in [4.69, 9.17) is 9.47 Å². The van der Waals surface area contributed by atoms with Crippen LogP contribution in [-0.2, 0) is 15.9 Å². The Morgan fingerprint density at radius 2 is 2.11 bits per heavy atom. The molecular weight excluding hydrogens is 352 g/mol. The Balaban J connectivity index is 1.51. The van der Waals surface area contributed by atoms with Crippen LogP contribution < -0.4 is 0 Å². The lowest BCUT2D eigenvalue weighted by atomic mass is 9.53. The average Bonchev–Trinajstić information content (AvgIpc) is 2.98. The largest absolute Gasteiger partial charge is 0.508 e. The lowest BCUT2D eigenvalue weighted by Gasteiger charge is -2.52. The smallest absolute Gasteiger partial charge is 0.508 e. The summed E-state index contributed by atoms with van der Waals surface area (Å²) in [5, 5.41) is 9.90. The van der Waals surface area contributed by atoms with Crippen LogP contribution in [0.15, 0.2) is 18.2 Å². The van der Waals surface area contributed by atoms with E-state index in [-0.39, 0.29) is 11.5 Å². The van der Waals surface area contributed by atoms with E-state index in [1.807, 2.05) is 12.1 Å². The fourth-order valence-corrected chi connectivity index (χ4v) is 6.56. The number of phenolic OH excluding ortho intramolecular Hbond substituents is 1. The number of ether oxygens (including phenoxy) is 2. The number of fused-ring (bicyclic) bond motifs is 5. The number of benzene rings is 1. The quantitative estimate of drug-likeness (QED) is 0.523. The Labute approximate surface area is 168 Å². The molecule has 3 aliphatic rings. The van der Waals surface area contributed by atoms with Crippen molar-refractivity contribution < 1.29 is 19.4 Å². The molecule has 0 bridgehead atoms. The van der Waals surface area contributed by atoms with Crippen molar-refractivity contribution in [3.05, 3.63) is 29.3 Å². The lowest BCUT2D eigenvalue weighted by molar-refractivity contribution is -0.0617. The molecule has 1 N–H and O–H groups in total. The standard InChI is InChI=1S/C24H34O4/c1-4-5-12-27-23(26)28-21-9-8-20-22-15(2)13-16-14-17(25)6-7-18(16)19(22)10-11-24(20,21)3/h6-7,14-15,19-22,25H,4-5,8-13H2,1-3H3/t15-,19?,20?,21+,22?,24+/m1/s1. The average molecular weight is 387 g/mol. The minimum absolute atomic E-state index is 0.0269. The van der Waals surface area contributed by atoms with Gasteiger partial charge in [-0.1, -0.05) is 33.3 Å². The second kappa shape index (κ2) is 7.61. The molecule has 0 radical (unpaired) electrons. The summed E-state index contributed by atoms with van der Waals surface area (Å²) in [7, 11) is 0. The third kappa shape index (κ3) is 3.29. The van der Waals surface area contributed by atoms with Crippen LogP contribution in [0.25, 0.3) is 0 Å². The maximum atomic E-state index is 12.2. The molecule has 0 spiro atoms. The number of aromatic hydroxyl groups is 1. The van der Waals surface area contributed by atoms with Crippen molar-refractivity contribution in [2.45, 2.75) is 77.7 Å². The molecule has 3 unspecified atom stereocenters. The Kier molecular flexibility index (Phi) is 5.32. The number of rotatable bonds is 4. The van der Waals surface area contributed by atoms with Crippen LogP contribution in [0.5, 0.6) is 5.75 Å². The molecule has 0 aliphatic heterocycles. The SMILES string of the molecule is CCCCOC(=O)O[C@H]1CCC2C3C(CC[C@@]21C)c1ccc(O)cc1C[C@H]3C. The molecular formula is C24H34O4. The fraction of sp³-hybridized carbons (Fsp3) is 0.708. The van der Waals surface area contributed by atoms with E-state index in [9.17, 15) is 9.90 Å². The summed E-state index contributed by atoms with van der Waals surface area (Å²) in [4.78, 5) is 12.2. The van der Waals surface area contributed by atoms with E-state index < -0.39 is 6.16 Å². The van der Waals surface area contributed by atoms with E-state index in [2.05, 4.69) is 26.8 Å². The lowest BCUT2D eigenvalue weighted by Crippen LogP contribution is -2.47. The highest BCUT2D eigenvalue weighted by molar-refractivity contribution is 5.60. The van der Waals surface area contributed by atoms with Gasteiger partial charge in [-0.3, -0.25) is 0 Å². The van der Waals surface area contributed by atoms with Gasteiger partial charge < -0.3 is 14.6 Å². The molecule has 1 aromatic carbocycles. The van der Waals surface area contributed by atoms with Crippen LogP contribution in [0.3, 0.4) is 0 Å². The van der Waals surface area contributed by atoms with Crippen LogP contribution in [0.2, 0.25) is 0 Å². The van der Waals surface area contributed by atoms with E-state index >= 15 is 0 Å². The number of hydrogen-bond donors (Lipinski definition) is 1. The third-order valence-corrected chi connectivity index (χ3v) is 7.93. The van der Waals surface area contributed by atoms with Crippen molar-refractivity contribution in [3.8, 4) is 5.75 Å². The zero-order valence-electron chi connectivity index (χ0n) is 17.4. The van der Waals surface area contributed by atoms with Crippen molar-refractivity contribution in [1.29, 1.82) is 0 Å². The molecule has 2 fully saturated rings. The number of hydrogen-bond acceptors (Lipinski definition) is 4. The van der Waals surface area contributed by atoms with Gasteiger partial charge in [0.25, 0.3) is 0 Å². The van der Waals surface area contributed by atoms with Crippen LogP contribution in [0.4, 0.5) is 4.79 Å². The molecule has 3 aliphatic carbocycles. The first-order valence-electron chi connectivity index (χ1n) is 11.1. The maximum Gasteiger partial charge on any atom is 0.508 e. The molecule has 6 atom stereocenters. The zero-order valence-corrected chi connectivity index (χ0v) is 17.4. The van der Waals surface area contributed by atoms with E-state index in [0.29, 0.717) is 36.0 Å². The topological polar surface area (TPSA) is 55.8 Å². The number of carbonyl (C=O) groups excluding carboxylic acids is 1. The van der Waals surface area contributed by atoms with Crippen molar-refractivity contribution in [1.82, 2.24) is 0 Å². The molecule has 154 valence electrons. The van der Waals surface area contributed by atoms with Crippen LogP contribution in [0, 0.1) is 23.2 Å². The molecule has 0 aromatic heterocycles. The summed E-state index contributed by atoms with van der Waals surface area (Å²) >= 11 is 0. The van der Waals surface area contributed by atoms with Gasteiger partial charge in [-0.05, 0) is 85.5 Å². The predicted octanol–water partition coefficient (Wildman–Crippen LogP) is 5.82. The first kappa shape index (κ1) is 19.6. The van der Waals surface area contributed by atoms with Crippen molar-refractivity contribution >= 4 is 6.16 Å².